The van der Waals surface area contributed by atoms with Gasteiger partial charge in [0.25, 0.3) is 0 Å². The molecule has 1 aliphatic rings. The predicted octanol–water partition coefficient (Wildman–Crippen LogP) is 3.61. The summed E-state index contributed by atoms with van der Waals surface area (Å²) >= 11 is 6.46. The van der Waals surface area contributed by atoms with E-state index in [1.165, 1.54) is 0 Å². The molecule has 1 aliphatic heterocycles. The van der Waals surface area contributed by atoms with Crippen LogP contribution in [0.2, 0.25) is 5.15 Å². The lowest BCUT2D eigenvalue weighted by molar-refractivity contribution is 0.121. The molecule has 0 spiro atoms. The van der Waals surface area contributed by atoms with Gasteiger partial charge < -0.3 is 4.74 Å². The van der Waals surface area contributed by atoms with Gasteiger partial charge in [-0.3, -0.25) is 14.8 Å². The zero-order valence-electron chi connectivity index (χ0n) is 15.4. The summed E-state index contributed by atoms with van der Waals surface area (Å²) in [4.78, 5) is 13.9. The van der Waals surface area contributed by atoms with Crippen molar-refractivity contribution >= 4 is 22.5 Å². The van der Waals surface area contributed by atoms with Crippen LogP contribution in [-0.2, 0) is 13.1 Å². The molecule has 3 heterocycles. The third-order valence-corrected chi connectivity index (χ3v) is 5.35. The van der Waals surface area contributed by atoms with Crippen molar-refractivity contribution in [3.8, 4) is 5.75 Å². The highest BCUT2D eigenvalue weighted by atomic mass is 35.5. The fourth-order valence-corrected chi connectivity index (χ4v) is 3.68. The van der Waals surface area contributed by atoms with E-state index in [0.29, 0.717) is 5.15 Å². The average molecular weight is 383 g/mol. The Hall–Kier alpha value is -2.21. The van der Waals surface area contributed by atoms with Crippen LogP contribution in [0.25, 0.3) is 10.9 Å². The van der Waals surface area contributed by atoms with Gasteiger partial charge >= 0.3 is 0 Å². The number of piperazine rings is 1. The van der Waals surface area contributed by atoms with E-state index in [-0.39, 0.29) is 0 Å². The number of benzene rings is 1. The molecule has 6 heteroatoms. The smallest absolute Gasteiger partial charge is 0.134 e. The van der Waals surface area contributed by atoms with Crippen molar-refractivity contribution in [2.45, 2.75) is 13.1 Å². The summed E-state index contributed by atoms with van der Waals surface area (Å²) in [5.41, 5.74) is 3.07. The Bertz CT molecular complexity index is 911. The molecule has 0 atom stereocenters. The molecule has 1 aromatic carbocycles. The number of nitrogens with zero attached hydrogens (tertiary/aromatic N) is 4. The van der Waals surface area contributed by atoms with Gasteiger partial charge in [-0.15, -0.1) is 0 Å². The summed E-state index contributed by atoms with van der Waals surface area (Å²) in [5.74, 6) is 0.794. The molecule has 0 amide bonds. The first kappa shape index (κ1) is 18.2. The average Bonchev–Trinajstić information content (AvgIpc) is 2.70. The van der Waals surface area contributed by atoms with Gasteiger partial charge in [-0.25, -0.2) is 4.98 Å². The van der Waals surface area contributed by atoms with Gasteiger partial charge in [-0.05, 0) is 30.3 Å². The molecule has 0 saturated carbocycles. The highest BCUT2D eigenvalue weighted by molar-refractivity contribution is 6.30. The predicted molar refractivity (Wildman–Crippen MR) is 108 cm³/mol. The summed E-state index contributed by atoms with van der Waals surface area (Å²) < 4.78 is 5.27. The van der Waals surface area contributed by atoms with Gasteiger partial charge in [-0.2, -0.15) is 0 Å². The number of halogens is 1. The molecule has 3 aromatic rings. The summed E-state index contributed by atoms with van der Waals surface area (Å²) in [6.07, 6.45) is 1.86. The molecule has 1 saturated heterocycles. The third kappa shape index (κ3) is 4.38. The number of fused-ring (bicyclic) bond motifs is 1. The first-order valence-corrected chi connectivity index (χ1v) is 9.57. The standard InChI is InChI=1S/C21H23ClN4O/c1-27-19-6-5-16-12-17(21(22)24-20(16)13-19)14-25-8-10-26(11-9-25)15-18-4-2-3-7-23-18/h2-7,12-13H,8-11,14-15H2,1H3. The van der Waals surface area contributed by atoms with E-state index in [4.69, 9.17) is 16.3 Å². The highest BCUT2D eigenvalue weighted by Crippen LogP contribution is 2.25. The monoisotopic (exact) mass is 382 g/mol. The summed E-state index contributed by atoms with van der Waals surface area (Å²) in [5, 5.41) is 1.66. The van der Waals surface area contributed by atoms with Gasteiger partial charge in [0.2, 0.25) is 0 Å². The minimum Gasteiger partial charge on any atom is -0.497 e. The van der Waals surface area contributed by atoms with E-state index in [1.807, 2.05) is 36.5 Å². The van der Waals surface area contributed by atoms with Crippen molar-refractivity contribution in [2.75, 3.05) is 33.3 Å². The second-order valence-electron chi connectivity index (χ2n) is 6.87. The van der Waals surface area contributed by atoms with Crippen molar-refractivity contribution < 1.29 is 4.74 Å². The summed E-state index contributed by atoms with van der Waals surface area (Å²) in [6.45, 7) is 5.84. The van der Waals surface area contributed by atoms with Crippen molar-refractivity contribution in [3.05, 3.63) is 65.1 Å². The number of hydrogen-bond acceptors (Lipinski definition) is 5. The van der Waals surface area contributed by atoms with Crippen LogP contribution in [0.1, 0.15) is 11.3 Å². The second-order valence-corrected chi connectivity index (χ2v) is 7.23. The minimum absolute atomic E-state index is 0.576. The van der Waals surface area contributed by atoms with Crippen molar-refractivity contribution in [1.82, 2.24) is 19.8 Å². The number of ether oxygens (including phenoxy) is 1. The lowest BCUT2D eigenvalue weighted by Gasteiger charge is -2.34. The molecule has 27 heavy (non-hydrogen) atoms. The molecule has 0 aliphatic carbocycles. The first-order valence-electron chi connectivity index (χ1n) is 9.19. The van der Waals surface area contributed by atoms with Crippen LogP contribution in [0.4, 0.5) is 0 Å². The van der Waals surface area contributed by atoms with Crippen LogP contribution >= 0.6 is 11.6 Å². The van der Waals surface area contributed by atoms with Gasteiger partial charge in [0.1, 0.15) is 10.9 Å². The van der Waals surface area contributed by atoms with Gasteiger partial charge in [0.15, 0.2) is 0 Å². The molecule has 0 radical (unpaired) electrons. The van der Waals surface area contributed by atoms with Crippen molar-refractivity contribution in [1.29, 1.82) is 0 Å². The van der Waals surface area contributed by atoms with Crippen LogP contribution < -0.4 is 4.74 Å². The number of pyridine rings is 2. The normalized spacial score (nSPS) is 15.9. The Labute approximate surface area is 164 Å². The Morgan fingerprint density at radius 2 is 1.78 bits per heavy atom. The highest BCUT2D eigenvalue weighted by Gasteiger charge is 2.19. The molecule has 2 aromatic heterocycles. The molecule has 140 valence electrons. The fraction of sp³-hybridized carbons (Fsp3) is 0.333. The SMILES string of the molecule is COc1ccc2cc(CN3CCN(Cc4ccccn4)CC3)c(Cl)nc2c1. The molecule has 0 N–H and O–H groups in total. The third-order valence-electron chi connectivity index (χ3n) is 5.02. The topological polar surface area (TPSA) is 41.5 Å². The maximum absolute atomic E-state index is 6.46. The van der Waals surface area contributed by atoms with Crippen molar-refractivity contribution in [2.24, 2.45) is 0 Å². The van der Waals surface area contributed by atoms with Crippen molar-refractivity contribution in [3.63, 3.8) is 0 Å². The van der Waals surface area contributed by atoms with Gasteiger partial charge in [0, 0.05) is 62.5 Å². The largest absolute Gasteiger partial charge is 0.497 e. The lowest BCUT2D eigenvalue weighted by atomic mass is 10.1. The molecule has 0 unspecified atom stereocenters. The minimum atomic E-state index is 0.576. The molecular weight excluding hydrogens is 360 g/mol. The van der Waals surface area contributed by atoms with E-state index < -0.39 is 0 Å². The van der Waals surface area contributed by atoms with Crippen LogP contribution in [0.3, 0.4) is 0 Å². The van der Waals surface area contributed by atoms with E-state index in [1.54, 1.807) is 7.11 Å². The summed E-state index contributed by atoms with van der Waals surface area (Å²) in [6, 6.07) is 14.1. The van der Waals surface area contributed by atoms with Crippen LogP contribution in [0.15, 0.2) is 48.7 Å². The molecule has 1 fully saturated rings. The number of rotatable bonds is 5. The Morgan fingerprint density at radius 3 is 2.48 bits per heavy atom. The Morgan fingerprint density at radius 1 is 1.00 bits per heavy atom. The Kier molecular flexibility index (Phi) is 5.53. The molecule has 4 rings (SSSR count). The molecule has 5 nitrogen and oxygen atoms in total. The first-order chi connectivity index (χ1) is 13.2. The zero-order chi connectivity index (χ0) is 18.6. The van der Waals surface area contributed by atoms with E-state index in [9.17, 15) is 0 Å². The van der Waals surface area contributed by atoms with Gasteiger partial charge in [-0.1, -0.05) is 17.7 Å². The Balaban J connectivity index is 1.39. The van der Waals surface area contributed by atoms with Crippen LogP contribution in [-0.4, -0.2) is 53.1 Å². The second kappa shape index (κ2) is 8.21. The van der Waals surface area contributed by atoms with E-state index >= 15 is 0 Å². The van der Waals surface area contributed by atoms with E-state index in [2.05, 4.69) is 31.9 Å². The molecule has 0 bridgehead atoms. The maximum Gasteiger partial charge on any atom is 0.134 e. The number of aromatic nitrogens is 2. The fourth-order valence-electron chi connectivity index (χ4n) is 3.47. The van der Waals surface area contributed by atoms with Gasteiger partial charge in [0.05, 0.1) is 18.3 Å². The van der Waals surface area contributed by atoms with Crippen LogP contribution in [0, 0.1) is 0 Å². The maximum atomic E-state index is 6.46. The number of methoxy groups -OCH3 is 1. The summed E-state index contributed by atoms with van der Waals surface area (Å²) in [7, 11) is 1.66. The zero-order valence-corrected chi connectivity index (χ0v) is 16.2. The molecular formula is C21H23ClN4O. The van der Waals surface area contributed by atoms with E-state index in [0.717, 1.165) is 67.2 Å². The lowest BCUT2D eigenvalue weighted by Crippen LogP contribution is -2.45. The number of hydrogen-bond donors (Lipinski definition) is 0. The quantitative estimate of drug-likeness (QED) is 0.630. The van der Waals surface area contributed by atoms with Crippen LogP contribution in [0.5, 0.6) is 5.75 Å².